The van der Waals surface area contributed by atoms with Gasteiger partial charge in [0.2, 0.25) is 0 Å². The highest BCUT2D eigenvalue weighted by Gasteiger charge is 2.31. The molecule has 1 fully saturated rings. The minimum atomic E-state index is -0.309. The first-order valence-electron chi connectivity index (χ1n) is 11.9. The Kier molecular flexibility index (Phi) is 9.81. The van der Waals surface area contributed by atoms with Crippen molar-refractivity contribution in [1.29, 1.82) is 0 Å². The van der Waals surface area contributed by atoms with Crippen molar-refractivity contribution in [1.82, 2.24) is 25.2 Å². The Morgan fingerprint density at radius 3 is 2.82 bits per heavy atom. The van der Waals surface area contributed by atoms with E-state index in [2.05, 4.69) is 15.6 Å². The summed E-state index contributed by atoms with van der Waals surface area (Å²) < 4.78 is 25.0. The normalized spacial score (nSPS) is 15.5. The van der Waals surface area contributed by atoms with Crippen LogP contribution in [-0.2, 0) is 4.74 Å². The van der Waals surface area contributed by atoms with Crippen LogP contribution in [0.3, 0.4) is 0 Å². The zero-order valence-corrected chi connectivity index (χ0v) is 20.0. The molecule has 1 aliphatic heterocycles. The summed E-state index contributed by atoms with van der Waals surface area (Å²) in [7, 11) is 1.63. The number of hydrogen-bond donors (Lipinski definition) is 1. The van der Waals surface area contributed by atoms with Crippen molar-refractivity contribution >= 4 is 11.8 Å². The van der Waals surface area contributed by atoms with Crippen molar-refractivity contribution in [2.24, 2.45) is 0 Å². The molecule has 0 unspecified atom stereocenters. The number of likely N-dealkylation sites (tertiary alicyclic amines) is 1. The third-order valence-corrected chi connectivity index (χ3v) is 5.80. The van der Waals surface area contributed by atoms with Gasteiger partial charge in [0.25, 0.3) is 11.8 Å². The Hall–Kier alpha value is -3.01. The van der Waals surface area contributed by atoms with E-state index in [9.17, 15) is 14.0 Å². The maximum atomic E-state index is 13.0. The Morgan fingerprint density at radius 2 is 2.06 bits per heavy atom. The number of methoxy groups -OCH3 is 1. The van der Waals surface area contributed by atoms with Crippen LogP contribution in [0.25, 0.3) is 5.69 Å². The Morgan fingerprint density at radius 1 is 1.24 bits per heavy atom. The Bertz CT molecular complexity index is 951. The Labute approximate surface area is 199 Å². The van der Waals surface area contributed by atoms with E-state index >= 15 is 0 Å². The highest BCUT2D eigenvalue weighted by molar-refractivity contribution is 5.95. The molecule has 1 aliphatic rings. The van der Waals surface area contributed by atoms with Crippen LogP contribution in [0.4, 0.5) is 4.39 Å². The number of hydrogen-bond acceptors (Lipinski definition) is 6. The molecule has 34 heavy (non-hydrogen) atoms. The molecule has 2 heterocycles. The zero-order chi connectivity index (χ0) is 24.3. The Balaban J connectivity index is 1.78. The number of unbranched alkanes of at least 4 members (excludes halogenated alkanes) is 3. The van der Waals surface area contributed by atoms with Crippen molar-refractivity contribution in [2.45, 2.75) is 51.5 Å². The second-order valence-electron chi connectivity index (χ2n) is 8.29. The number of carbonyl (C=O) groups excluding carboxylic acids is 2. The predicted octanol–water partition coefficient (Wildman–Crippen LogP) is 3.18. The van der Waals surface area contributed by atoms with Crippen LogP contribution < -0.4 is 10.1 Å². The molecule has 0 bridgehead atoms. The average Bonchev–Trinajstić information content (AvgIpc) is 3.51. The van der Waals surface area contributed by atoms with E-state index in [0.717, 1.165) is 32.1 Å². The minimum Gasteiger partial charge on any atom is -0.491 e. The summed E-state index contributed by atoms with van der Waals surface area (Å²) in [6.45, 7) is 3.64. The summed E-state index contributed by atoms with van der Waals surface area (Å²) in [5.74, 6) is 0.0890. The van der Waals surface area contributed by atoms with Gasteiger partial charge in [0.15, 0.2) is 5.69 Å². The molecule has 1 aromatic carbocycles. The van der Waals surface area contributed by atoms with Crippen LogP contribution in [0.15, 0.2) is 24.4 Å². The molecule has 1 aromatic heterocycles. The summed E-state index contributed by atoms with van der Waals surface area (Å²) in [5.41, 5.74) is 1.29. The van der Waals surface area contributed by atoms with Gasteiger partial charge in [-0.1, -0.05) is 11.6 Å². The standard InChI is InChI=1S/C24H34FN5O4/c1-3-26-23(31)18-10-11-21(22(15-18)34-14-7-5-4-6-12-25)30-16-20(27-28-30)24(32)29-13-8-9-19(29)17-33-2/h10-11,15-16,19H,3-9,12-14,17H2,1-2H3,(H,26,31)/t19-/m0/s1. The van der Waals surface area contributed by atoms with E-state index in [1.165, 1.54) is 4.68 Å². The van der Waals surface area contributed by atoms with Gasteiger partial charge in [0.05, 0.1) is 32.1 Å². The lowest BCUT2D eigenvalue weighted by Gasteiger charge is -2.22. The summed E-state index contributed by atoms with van der Waals surface area (Å²) in [6, 6.07) is 5.12. The van der Waals surface area contributed by atoms with Gasteiger partial charge >= 0.3 is 0 Å². The number of benzene rings is 1. The summed E-state index contributed by atoms with van der Waals surface area (Å²) >= 11 is 0. The number of nitrogens with one attached hydrogen (secondary N) is 1. The third kappa shape index (κ3) is 6.53. The number of aromatic nitrogens is 3. The molecule has 186 valence electrons. The number of halogens is 1. The first-order valence-corrected chi connectivity index (χ1v) is 11.9. The predicted molar refractivity (Wildman–Crippen MR) is 125 cm³/mol. The second-order valence-corrected chi connectivity index (χ2v) is 8.29. The second kappa shape index (κ2) is 13.0. The van der Waals surface area contributed by atoms with Gasteiger partial charge in [0, 0.05) is 25.8 Å². The van der Waals surface area contributed by atoms with Crippen molar-refractivity contribution < 1.29 is 23.5 Å². The molecule has 2 amide bonds. The molecule has 0 radical (unpaired) electrons. The molecule has 10 heteroatoms. The van der Waals surface area contributed by atoms with Gasteiger partial charge in [0.1, 0.15) is 11.4 Å². The highest BCUT2D eigenvalue weighted by Crippen LogP contribution is 2.26. The highest BCUT2D eigenvalue weighted by atomic mass is 19.1. The molecule has 2 aromatic rings. The fourth-order valence-corrected chi connectivity index (χ4v) is 4.05. The fraction of sp³-hybridized carbons (Fsp3) is 0.583. The molecule has 1 N–H and O–H groups in total. The fourth-order valence-electron chi connectivity index (χ4n) is 4.05. The molecule has 0 saturated carbocycles. The summed E-state index contributed by atoms with van der Waals surface area (Å²) in [4.78, 5) is 27.1. The van der Waals surface area contributed by atoms with Crippen LogP contribution >= 0.6 is 0 Å². The SMILES string of the molecule is CCNC(=O)c1ccc(-n2cc(C(=O)N3CCC[C@H]3COC)nn2)c(OCCCCCCF)c1. The topological polar surface area (TPSA) is 98.6 Å². The van der Waals surface area contributed by atoms with Gasteiger partial charge in [-0.25, -0.2) is 4.68 Å². The largest absolute Gasteiger partial charge is 0.491 e. The summed E-state index contributed by atoms with van der Waals surface area (Å²) in [6.07, 6.45) is 6.39. The van der Waals surface area contributed by atoms with E-state index in [0.29, 0.717) is 49.7 Å². The number of carbonyl (C=O) groups is 2. The van der Waals surface area contributed by atoms with Crippen LogP contribution in [0, 0.1) is 0 Å². The van der Waals surface area contributed by atoms with Crippen LogP contribution in [0.2, 0.25) is 0 Å². The van der Waals surface area contributed by atoms with Crippen LogP contribution in [0.5, 0.6) is 5.75 Å². The van der Waals surface area contributed by atoms with Gasteiger partial charge in [-0.05, 0) is 57.2 Å². The number of alkyl halides is 1. The molecule has 1 saturated heterocycles. The van der Waals surface area contributed by atoms with E-state index in [1.807, 2.05) is 6.92 Å². The lowest BCUT2D eigenvalue weighted by atomic mass is 10.1. The molecular formula is C24H34FN5O4. The lowest BCUT2D eigenvalue weighted by molar-refractivity contribution is 0.0625. The molecule has 0 aliphatic carbocycles. The first kappa shape index (κ1) is 25.6. The van der Waals surface area contributed by atoms with Gasteiger partial charge in [-0.3, -0.25) is 14.0 Å². The van der Waals surface area contributed by atoms with Gasteiger partial charge < -0.3 is 19.7 Å². The van der Waals surface area contributed by atoms with Crippen molar-refractivity contribution in [3.05, 3.63) is 35.7 Å². The van der Waals surface area contributed by atoms with Gasteiger partial charge in [-0.2, -0.15) is 0 Å². The quantitative estimate of drug-likeness (QED) is 0.447. The maximum Gasteiger partial charge on any atom is 0.276 e. The minimum absolute atomic E-state index is 0.0373. The van der Waals surface area contributed by atoms with Crippen LogP contribution in [0.1, 0.15) is 66.3 Å². The van der Waals surface area contributed by atoms with E-state index in [1.54, 1.807) is 36.4 Å². The maximum absolute atomic E-state index is 13.0. The van der Waals surface area contributed by atoms with E-state index in [-0.39, 0.29) is 30.2 Å². The monoisotopic (exact) mass is 475 g/mol. The van der Waals surface area contributed by atoms with Gasteiger partial charge in [-0.15, -0.1) is 5.10 Å². The third-order valence-electron chi connectivity index (χ3n) is 5.80. The van der Waals surface area contributed by atoms with E-state index in [4.69, 9.17) is 9.47 Å². The van der Waals surface area contributed by atoms with Crippen molar-refractivity contribution in [3.63, 3.8) is 0 Å². The van der Waals surface area contributed by atoms with Crippen molar-refractivity contribution in [2.75, 3.05) is 40.1 Å². The average molecular weight is 476 g/mol. The lowest BCUT2D eigenvalue weighted by Crippen LogP contribution is -2.38. The van der Waals surface area contributed by atoms with Crippen LogP contribution in [-0.4, -0.2) is 77.8 Å². The van der Waals surface area contributed by atoms with E-state index < -0.39 is 0 Å². The molecule has 1 atom stereocenters. The number of amides is 2. The summed E-state index contributed by atoms with van der Waals surface area (Å²) in [5, 5.41) is 11.0. The molecule has 3 rings (SSSR count). The number of nitrogens with zero attached hydrogens (tertiary/aromatic N) is 4. The zero-order valence-electron chi connectivity index (χ0n) is 20.0. The number of ether oxygens (including phenoxy) is 2. The number of rotatable bonds is 13. The molecular weight excluding hydrogens is 441 g/mol. The molecule has 9 nitrogen and oxygen atoms in total. The smallest absolute Gasteiger partial charge is 0.276 e. The first-order chi connectivity index (χ1) is 16.6. The van der Waals surface area contributed by atoms with Crippen molar-refractivity contribution in [3.8, 4) is 11.4 Å². The molecule has 0 spiro atoms.